The molecular formula is C23H36O3. The van der Waals surface area contributed by atoms with E-state index < -0.39 is 6.10 Å². The van der Waals surface area contributed by atoms with Crippen LogP contribution < -0.4 is 0 Å². The van der Waals surface area contributed by atoms with Crippen LogP contribution in [0.2, 0.25) is 0 Å². The van der Waals surface area contributed by atoms with Gasteiger partial charge in [-0.2, -0.15) is 0 Å². The van der Waals surface area contributed by atoms with Crippen LogP contribution in [-0.2, 0) is 9.53 Å². The Morgan fingerprint density at radius 1 is 1.12 bits per heavy atom. The number of aliphatic hydroxyl groups is 1. The Bertz CT molecular complexity index is 515. The summed E-state index contributed by atoms with van der Waals surface area (Å²) in [7, 11) is 0. The first-order valence-corrected chi connectivity index (χ1v) is 10.6. The van der Waals surface area contributed by atoms with Gasteiger partial charge in [0.05, 0.1) is 12.7 Å². The second kappa shape index (κ2) is 11.4. The van der Waals surface area contributed by atoms with Crippen LogP contribution in [-0.4, -0.2) is 17.7 Å². The van der Waals surface area contributed by atoms with E-state index >= 15 is 0 Å². The average Bonchev–Trinajstić information content (AvgIpc) is 2.67. The third-order valence-electron chi connectivity index (χ3n) is 5.78. The molecule has 0 aliphatic heterocycles. The van der Waals surface area contributed by atoms with Crippen molar-refractivity contribution in [2.75, 3.05) is 6.61 Å². The Hall–Kier alpha value is -1.35. The summed E-state index contributed by atoms with van der Waals surface area (Å²) in [4.78, 5) is 11.4. The maximum absolute atomic E-state index is 11.4. The fourth-order valence-corrected chi connectivity index (χ4v) is 4.11. The van der Waals surface area contributed by atoms with Crippen LogP contribution in [0.4, 0.5) is 0 Å². The zero-order valence-corrected chi connectivity index (χ0v) is 16.6. The molecule has 26 heavy (non-hydrogen) atoms. The van der Waals surface area contributed by atoms with Gasteiger partial charge in [0, 0.05) is 6.42 Å². The molecular weight excluding hydrogens is 324 g/mol. The van der Waals surface area contributed by atoms with Crippen molar-refractivity contribution >= 4 is 5.97 Å². The maximum Gasteiger partial charge on any atom is 0.305 e. The molecule has 1 atom stereocenters. The first-order valence-electron chi connectivity index (χ1n) is 10.6. The van der Waals surface area contributed by atoms with Gasteiger partial charge in [-0.15, -0.1) is 0 Å². The molecule has 1 aromatic rings. The van der Waals surface area contributed by atoms with Crippen molar-refractivity contribution in [3.63, 3.8) is 0 Å². The van der Waals surface area contributed by atoms with E-state index in [1.165, 1.54) is 56.9 Å². The van der Waals surface area contributed by atoms with Gasteiger partial charge in [-0.05, 0) is 62.0 Å². The van der Waals surface area contributed by atoms with E-state index in [4.69, 9.17) is 4.74 Å². The van der Waals surface area contributed by atoms with Crippen LogP contribution >= 0.6 is 0 Å². The summed E-state index contributed by atoms with van der Waals surface area (Å²) >= 11 is 0. The summed E-state index contributed by atoms with van der Waals surface area (Å²) in [5.74, 6) is 1.36. The quantitative estimate of drug-likeness (QED) is 0.416. The van der Waals surface area contributed by atoms with Crippen LogP contribution in [0.3, 0.4) is 0 Å². The zero-order valence-electron chi connectivity index (χ0n) is 16.6. The van der Waals surface area contributed by atoms with E-state index in [0.717, 1.165) is 11.5 Å². The first kappa shape index (κ1) is 21.0. The summed E-state index contributed by atoms with van der Waals surface area (Å²) in [6.45, 7) is 4.46. The lowest BCUT2D eigenvalue weighted by Gasteiger charge is -2.29. The van der Waals surface area contributed by atoms with Crippen molar-refractivity contribution in [2.24, 2.45) is 5.92 Å². The Kier molecular flexibility index (Phi) is 9.17. The fraction of sp³-hybridized carbons (Fsp3) is 0.696. The van der Waals surface area contributed by atoms with Gasteiger partial charge in [-0.3, -0.25) is 4.79 Å². The summed E-state index contributed by atoms with van der Waals surface area (Å²) in [5.41, 5.74) is 2.30. The molecule has 2 rings (SSSR count). The van der Waals surface area contributed by atoms with Crippen LogP contribution in [0.25, 0.3) is 0 Å². The molecule has 146 valence electrons. The SMILES string of the molecule is CCCCCC1CCC(c2ccc([C@@H](O)CCC(=O)OCC)cc2)CC1. The number of unbranched alkanes of at least 4 members (excludes halogenated alkanes) is 2. The number of carbonyl (C=O) groups is 1. The van der Waals surface area contributed by atoms with Crippen molar-refractivity contribution in [1.82, 2.24) is 0 Å². The predicted molar refractivity (Wildman–Crippen MR) is 106 cm³/mol. The van der Waals surface area contributed by atoms with Crippen LogP contribution in [0.15, 0.2) is 24.3 Å². The first-order chi connectivity index (χ1) is 12.6. The highest BCUT2D eigenvalue weighted by Gasteiger charge is 2.22. The van der Waals surface area contributed by atoms with E-state index in [1.54, 1.807) is 6.92 Å². The Morgan fingerprint density at radius 3 is 2.42 bits per heavy atom. The molecule has 0 amide bonds. The lowest BCUT2D eigenvalue weighted by molar-refractivity contribution is -0.143. The van der Waals surface area contributed by atoms with Crippen LogP contribution in [0.5, 0.6) is 0 Å². The van der Waals surface area contributed by atoms with Crippen molar-refractivity contribution < 1.29 is 14.6 Å². The van der Waals surface area contributed by atoms with E-state index in [2.05, 4.69) is 19.1 Å². The number of hydrogen-bond acceptors (Lipinski definition) is 3. The van der Waals surface area contributed by atoms with Crippen molar-refractivity contribution in [3.8, 4) is 0 Å². The van der Waals surface area contributed by atoms with Gasteiger partial charge in [-0.1, -0.05) is 56.9 Å². The molecule has 0 heterocycles. The highest BCUT2D eigenvalue weighted by molar-refractivity contribution is 5.69. The summed E-state index contributed by atoms with van der Waals surface area (Å²) in [6, 6.07) is 8.40. The number of ether oxygens (including phenoxy) is 1. The van der Waals surface area contributed by atoms with Crippen molar-refractivity contribution in [3.05, 3.63) is 35.4 Å². The fourth-order valence-electron chi connectivity index (χ4n) is 4.11. The van der Waals surface area contributed by atoms with E-state index in [9.17, 15) is 9.90 Å². The van der Waals surface area contributed by atoms with Crippen LogP contribution in [0, 0.1) is 5.92 Å². The highest BCUT2D eigenvalue weighted by atomic mass is 16.5. The van der Waals surface area contributed by atoms with Gasteiger partial charge in [0.2, 0.25) is 0 Å². The van der Waals surface area contributed by atoms with Crippen molar-refractivity contribution in [2.45, 2.75) is 90.1 Å². The number of esters is 1. The van der Waals surface area contributed by atoms with Gasteiger partial charge in [0.1, 0.15) is 0 Å². The third-order valence-corrected chi connectivity index (χ3v) is 5.78. The minimum Gasteiger partial charge on any atom is -0.466 e. The largest absolute Gasteiger partial charge is 0.466 e. The molecule has 0 bridgehead atoms. The molecule has 1 fully saturated rings. The lowest BCUT2D eigenvalue weighted by atomic mass is 9.77. The lowest BCUT2D eigenvalue weighted by Crippen LogP contribution is -2.13. The van der Waals surface area contributed by atoms with E-state index in [0.29, 0.717) is 18.9 Å². The molecule has 1 N–H and O–H groups in total. The summed E-state index contributed by atoms with van der Waals surface area (Å²) < 4.78 is 4.92. The van der Waals surface area contributed by atoms with Gasteiger partial charge in [0.15, 0.2) is 0 Å². The normalized spacial score (nSPS) is 21.3. The van der Waals surface area contributed by atoms with Crippen LogP contribution in [0.1, 0.15) is 101 Å². The highest BCUT2D eigenvalue weighted by Crippen LogP contribution is 2.38. The van der Waals surface area contributed by atoms with Gasteiger partial charge >= 0.3 is 5.97 Å². The zero-order chi connectivity index (χ0) is 18.8. The molecule has 0 saturated heterocycles. The minimum atomic E-state index is -0.595. The smallest absolute Gasteiger partial charge is 0.305 e. The molecule has 1 aliphatic rings. The number of aliphatic hydroxyl groups excluding tert-OH is 1. The number of benzene rings is 1. The van der Waals surface area contributed by atoms with Gasteiger partial charge < -0.3 is 9.84 Å². The number of hydrogen-bond donors (Lipinski definition) is 1. The second-order valence-electron chi connectivity index (χ2n) is 7.74. The minimum absolute atomic E-state index is 0.237. The standard InChI is InChI=1S/C23H36O3/c1-3-5-6-7-18-8-10-19(11-9-18)20-12-14-21(15-13-20)22(24)16-17-23(25)26-4-2/h12-15,18-19,22,24H,3-11,16-17H2,1-2H3/t18?,19?,22-/m0/s1. The van der Waals surface area contributed by atoms with Gasteiger partial charge in [0.25, 0.3) is 0 Å². The monoisotopic (exact) mass is 360 g/mol. The summed E-state index contributed by atoms with van der Waals surface area (Å²) in [5, 5.41) is 10.3. The predicted octanol–water partition coefficient (Wildman–Crippen LogP) is 5.92. The van der Waals surface area contributed by atoms with E-state index in [1.807, 2.05) is 12.1 Å². The molecule has 0 radical (unpaired) electrons. The Morgan fingerprint density at radius 2 is 1.81 bits per heavy atom. The maximum atomic E-state index is 11.4. The number of rotatable bonds is 10. The molecule has 1 saturated carbocycles. The topological polar surface area (TPSA) is 46.5 Å². The second-order valence-corrected chi connectivity index (χ2v) is 7.74. The van der Waals surface area contributed by atoms with Crippen molar-refractivity contribution in [1.29, 1.82) is 0 Å². The Labute approximate surface area is 159 Å². The molecule has 3 heteroatoms. The molecule has 1 aromatic carbocycles. The third kappa shape index (κ3) is 6.75. The number of carbonyl (C=O) groups excluding carboxylic acids is 1. The molecule has 0 unspecified atom stereocenters. The summed E-state index contributed by atoms with van der Waals surface area (Å²) in [6.07, 6.45) is 10.9. The average molecular weight is 361 g/mol. The molecule has 0 aromatic heterocycles. The molecule has 0 spiro atoms. The molecule has 3 nitrogen and oxygen atoms in total. The van der Waals surface area contributed by atoms with Gasteiger partial charge in [-0.25, -0.2) is 0 Å². The Balaban J connectivity index is 1.77. The molecule has 1 aliphatic carbocycles. The van der Waals surface area contributed by atoms with E-state index in [-0.39, 0.29) is 12.4 Å².